The summed E-state index contributed by atoms with van der Waals surface area (Å²) in [4.78, 5) is 20.4. The zero-order chi connectivity index (χ0) is 15.9. The lowest BCUT2D eigenvalue weighted by atomic mass is 10.2. The highest BCUT2D eigenvalue weighted by Crippen LogP contribution is 2.10. The molecule has 0 unspecified atom stereocenters. The second-order valence-corrected chi connectivity index (χ2v) is 4.95. The van der Waals surface area contributed by atoms with Crippen molar-refractivity contribution < 1.29 is 4.79 Å². The molecule has 5 nitrogen and oxygen atoms in total. The number of aromatic nitrogens is 2. The van der Waals surface area contributed by atoms with Gasteiger partial charge in [0.1, 0.15) is 17.8 Å². The summed E-state index contributed by atoms with van der Waals surface area (Å²) in [5.41, 5.74) is 2.19. The van der Waals surface area contributed by atoms with Crippen LogP contribution in [0.5, 0.6) is 0 Å². The molecule has 0 radical (unpaired) electrons. The van der Waals surface area contributed by atoms with E-state index in [0.717, 1.165) is 11.3 Å². The van der Waals surface area contributed by atoms with Crippen LogP contribution in [-0.2, 0) is 6.54 Å². The number of benzene rings is 2. The summed E-state index contributed by atoms with van der Waals surface area (Å²) in [6.07, 6.45) is 1.38. The summed E-state index contributed by atoms with van der Waals surface area (Å²) in [7, 11) is 0. The summed E-state index contributed by atoms with van der Waals surface area (Å²) >= 11 is 0. The van der Waals surface area contributed by atoms with Crippen LogP contribution in [0.1, 0.15) is 16.1 Å². The van der Waals surface area contributed by atoms with Crippen LogP contribution in [0.2, 0.25) is 0 Å². The van der Waals surface area contributed by atoms with Crippen molar-refractivity contribution in [2.45, 2.75) is 6.54 Å². The van der Waals surface area contributed by atoms with E-state index >= 15 is 0 Å². The molecule has 0 fully saturated rings. The predicted octanol–water partition coefficient (Wildman–Crippen LogP) is 3.34. The van der Waals surface area contributed by atoms with Gasteiger partial charge in [-0.25, -0.2) is 9.97 Å². The van der Waals surface area contributed by atoms with Crippen molar-refractivity contribution in [3.63, 3.8) is 0 Å². The Morgan fingerprint density at radius 3 is 2.35 bits per heavy atom. The minimum Gasteiger partial charge on any atom is -0.366 e. The first kappa shape index (κ1) is 14.7. The Kier molecular flexibility index (Phi) is 4.59. The third-order valence-corrected chi connectivity index (χ3v) is 3.25. The number of carbonyl (C=O) groups excluding carboxylic acids is 1. The average molecular weight is 304 g/mol. The van der Waals surface area contributed by atoms with Gasteiger partial charge in [-0.3, -0.25) is 4.79 Å². The molecule has 0 aliphatic heterocycles. The van der Waals surface area contributed by atoms with Gasteiger partial charge in [-0.1, -0.05) is 48.5 Å². The molecule has 2 aromatic carbocycles. The van der Waals surface area contributed by atoms with E-state index in [1.165, 1.54) is 6.33 Å². The van der Waals surface area contributed by atoms with Crippen molar-refractivity contribution in [2.75, 3.05) is 10.6 Å². The number of carbonyl (C=O) groups is 1. The zero-order valence-electron chi connectivity index (χ0n) is 12.4. The smallest absolute Gasteiger partial charge is 0.274 e. The summed E-state index contributed by atoms with van der Waals surface area (Å²) < 4.78 is 0. The van der Waals surface area contributed by atoms with E-state index in [-0.39, 0.29) is 5.91 Å². The van der Waals surface area contributed by atoms with E-state index in [1.54, 1.807) is 6.07 Å². The molecule has 3 aromatic rings. The minimum atomic E-state index is -0.263. The molecule has 2 N–H and O–H groups in total. The van der Waals surface area contributed by atoms with Crippen LogP contribution < -0.4 is 10.6 Å². The summed E-state index contributed by atoms with van der Waals surface area (Å²) in [6.45, 7) is 0.637. The Morgan fingerprint density at radius 2 is 1.61 bits per heavy atom. The maximum absolute atomic E-state index is 12.2. The highest BCUT2D eigenvalue weighted by molar-refractivity contribution is 6.03. The van der Waals surface area contributed by atoms with Gasteiger partial charge in [-0.05, 0) is 17.7 Å². The number of amides is 1. The van der Waals surface area contributed by atoms with E-state index in [0.29, 0.717) is 18.1 Å². The molecule has 1 heterocycles. The van der Waals surface area contributed by atoms with Gasteiger partial charge in [0.15, 0.2) is 0 Å². The number of nitrogens with one attached hydrogen (secondary N) is 2. The van der Waals surface area contributed by atoms with E-state index in [9.17, 15) is 4.79 Å². The van der Waals surface area contributed by atoms with Gasteiger partial charge in [0.25, 0.3) is 5.91 Å². The first-order valence-corrected chi connectivity index (χ1v) is 7.27. The molecule has 0 aliphatic carbocycles. The van der Waals surface area contributed by atoms with E-state index in [1.807, 2.05) is 60.7 Å². The molecule has 5 heteroatoms. The molecule has 114 valence electrons. The number of nitrogens with zero attached hydrogens (tertiary/aromatic N) is 2. The Balaban J connectivity index is 1.66. The third kappa shape index (κ3) is 4.14. The number of rotatable bonds is 5. The topological polar surface area (TPSA) is 66.9 Å². The summed E-state index contributed by atoms with van der Waals surface area (Å²) in [5, 5.41) is 5.99. The van der Waals surface area contributed by atoms with Crippen molar-refractivity contribution in [3.8, 4) is 0 Å². The van der Waals surface area contributed by atoms with Crippen LogP contribution in [-0.4, -0.2) is 15.9 Å². The molecule has 0 saturated heterocycles. The number of anilines is 2. The highest BCUT2D eigenvalue weighted by Gasteiger charge is 2.09. The molecule has 3 rings (SSSR count). The first-order chi connectivity index (χ1) is 11.3. The van der Waals surface area contributed by atoms with Crippen molar-refractivity contribution in [1.82, 2.24) is 9.97 Å². The molecule has 0 saturated carbocycles. The van der Waals surface area contributed by atoms with Gasteiger partial charge in [0.05, 0.1) is 0 Å². The lowest BCUT2D eigenvalue weighted by Gasteiger charge is -2.07. The predicted molar refractivity (Wildman–Crippen MR) is 90.2 cm³/mol. The van der Waals surface area contributed by atoms with Crippen LogP contribution in [0.25, 0.3) is 0 Å². The molecule has 23 heavy (non-hydrogen) atoms. The van der Waals surface area contributed by atoms with Crippen molar-refractivity contribution in [2.24, 2.45) is 0 Å². The quantitative estimate of drug-likeness (QED) is 0.758. The fourth-order valence-corrected chi connectivity index (χ4v) is 2.08. The molecule has 0 aliphatic rings. The van der Waals surface area contributed by atoms with Crippen molar-refractivity contribution in [3.05, 3.63) is 84.3 Å². The fraction of sp³-hybridized carbons (Fsp3) is 0.0556. The molecule has 1 aromatic heterocycles. The van der Waals surface area contributed by atoms with E-state index in [4.69, 9.17) is 0 Å². The Bertz CT molecular complexity index is 775. The van der Waals surface area contributed by atoms with Gasteiger partial charge in [-0.2, -0.15) is 0 Å². The largest absolute Gasteiger partial charge is 0.366 e. The van der Waals surface area contributed by atoms with E-state index < -0.39 is 0 Å². The van der Waals surface area contributed by atoms with Crippen LogP contribution >= 0.6 is 0 Å². The lowest BCUT2D eigenvalue weighted by molar-refractivity contribution is 0.102. The van der Waals surface area contributed by atoms with Gasteiger partial charge in [0, 0.05) is 18.3 Å². The van der Waals surface area contributed by atoms with Crippen molar-refractivity contribution in [1.29, 1.82) is 0 Å². The van der Waals surface area contributed by atoms with Gasteiger partial charge in [-0.15, -0.1) is 0 Å². The summed E-state index contributed by atoms with van der Waals surface area (Å²) in [5.74, 6) is 0.350. The molecule has 0 atom stereocenters. The van der Waals surface area contributed by atoms with Crippen LogP contribution in [0, 0.1) is 0 Å². The van der Waals surface area contributed by atoms with Crippen LogP contribution in [0.3, 0.4) is 0 Å². The van der Waals surface area contributed by atoms with Gasteiger partial charge >= 0.3 is 0 Å². The van der Waals surface area contributed by atoms with Crippen LogP contribution in [0.4, 0.5) is 11.5 Å². The highest BCUT2D eigenvalue weighted by atomic mass is 16.1. The Labute approximate surface area is 134 Å². The standard InChI is InChI=1S/C18H16N4O/c23-18(22-15-9-5-2-6-10-15)16-11-17(21-13-20-16)19-12-14-7-3-1-4-8-14/h1-11,13H,12H2,(H,22,23)(H,19,20,21). The zero-order valence-corrected chi connectivity index (χ0v) is 12.4. The fourth-order valence-electron chi connectivity index (χ4n) is 2.08. The summed E-state index contributed by atoms with van der Waals surface area (Å²) in [6, 6.07) is 20.9. The number of hydrogen-bond acceptors (Lipinski definition) is 4. The maximum atomic E-state index is 12.2. The second-order valence-electron chi connectivity index (χ2n) is 4.95. The normalized spacial score (nSPS) is 10.1. The van der Waals surface area contributed by atoms with Gasteiger partial charge in [0.2, 0.25) is 0 Å². The second kappa shape index (κ2) is 7.17. The van der Waals surface area contributed by atoms with E-state index in [2.05, 4.69) is 20.6 Å². The number of hydrogen-bond donors (Lipinski definition) is 2. The third-order valence-electron chi connectivity index (χ3n) is 3.25. The van der Waals surface area contributed by atoms with Crippen molar-refractivity contribution >= 4 is 17.4 Å². The Hall–Kier alpha value is -3.21. The molecule has 1 amide bonds. The van der Waals surface area contributed by atoms with Gasteiger partial charge < -0.3 is 10.6 Å². The molecular formula is C18H16N4O. The minimum absolute atomic E-state index is 0.263. The Morgan fingerprint density at radius 1 is 0.913 bits per heavy atom. The molecule has 0 bridgehead atoms. The average Bonchev–Trinajstić information content (AvgIpc) is 2.62. The molecular weight excluding hydrogens is 288 g/mol. The lowest BCUT2D eigenvalue weighted by Crippen LogP contribution is -2.14. The molecule has 0 spiro atoms. The monoisotopic (exact) mass is 304 g/mol. The number of para-hydroxylation sites is 1. The SMILES string of the molecule is O=C(Nc1ccccc1)c1cc(NCc2ccccc2)ncn1. The first-order valence-electron chi connectivity index (χ1n) is 7.27. The maximum Gasteiger partial charge on any atom is 0.274 e. The van der Waals surface area contributed by atoms with Crippen LogP contribution in [0.15, 0.2) is 73.1 Å².